The van der Waals surface area contributed by atoms with Crippen LogP contribution in [-0.2, 0) is 14.3 Å². The van der Waals surface area contributed by atoms with E-state index in [2.05, 4.69) is 15.3 Å². The largest absolute Gasteiger partial charge is 0.480 e. The van der Waals surface area contributed by atoms with Gasteiger partial charge in [-0.3, -0.25) is 14.7 Å². The van der Waals surface area contributed by atoms with Crippen LogP contribution in [-0.4, -0.2) is 58.5 Å². The van der Waals surface area contributed by atoms with Crippen LogP contribution in [0.5, 0.6) is 0 Å². The van der Waals surface area contributed by atoms with E-state index >= 15 is 0 Å². The third-order valence-electron chi connectivity index (χ3n) is 5.29. The van der Waals surface area contributed by atoms with Crippen molar-refractivity contribution in [3.63, 3.8) is 0 Å². The van der Waals surface area contributed by atoms with Gasteiger partial charge < -0.3 is 15.2 Å². The number of ether oxygens (including phenoxy) is 1. The number of thiazole rings is 1. The number of aromatic nitrogens is 1. The highest BCUT2D eigenvalue weighted by Gasteiger charge is 2.39. The smallest absolute Gasteiger partial charge is 0.338 e. The van der Waals surface area contributed by atoms with Gasteiger partial charge >= 0.3 is 11.9 Å². The summed E-state index contributed by atoms with van der Waals surface area (Å²) in [6.45, 7) is 2.58. The maximum absolute atomic E-state index is 13.7. The van der Waals surface area contributed by atoms with Crippen molar-refractivity contribution in [3.05, 3.63) is 62.5 Å². The lowest BCUT2D eigenvalue weighted by Crippen LogP contribution is -2.54. The van der Waals surface area contributed by atoms with Crippen LogP contribution in [0.2, 0.25) is 5.02 Å². The molecule has 1 aromatic carbocycles. The fourth-order valence-electron chi connectivity index (χ4n) is 3.68. The molecule has 0 radical (unpaired) electrons. The molecule has 8 nitrogen and oxygen atoms in total. The van der Waals surface area contributed by atoms with Gasteiger partial charge in [-0.2, -0.15) is 0 Å². The number of rotatable bonds is 7. The Hall–Kier alpha value is -2.82. The predicted molar refractivity (Wildman–Crippen MR) is 117 cm³/mol. The van der Waals surface area contributed by atoms with Gasteiger partial charge in [0, 0.05) is 40.9 Å². The normalized spacial score (nSPS) is 20.9. The van der Waals surface area contributed by atoms with E-state index in [4.69, 9.17) is 16.3 Å². The summed E-state index contributed by atoms with van der Waals surface area (Å²) in [5, 5.41) is 15.1. The van der Waals surface area contributed by atoms with Gasteiger partial charge in [-0.25, -0.2) is 14.2 Å². The number of amidine groups is 1. The highest BCUT2D eigenvalue weighted by molar-refractivity contribution is 7.11. The molecule has 0 amide bonds. The van der Waals surface area contributed by atoms with Crippen molar-refractivity contribution in [2.24, 2.45) is 4.99 Å². The molecule has 2 atom stereocenters. The lowest BCUT2D eigenvalue weighted by molar-refractivity contribution is -0.147. The molecule has 0 bridgehead atoms. The second-order valence-corrected chi connectivity index (χ2v) is 8.54. The lowest BCUT2D eigenvalue weighted by atomic mass is 9.94. The van der Waals surface area contributed by atoms with E-state index in [1.54, 1.807) is 23.4 Å². The molecule has 2 aromatic rings. The van der Waals surface area contributed by atoms with Gasteiger partial charge in [-0.05, 0) is 25.5 Å². The minimum absolute atomic E-state index is 0.118. The van der Waals surface area contributed by atoms with Gasteiger partial charge in [0.05, 0.1) is 12.2 Å². The number of hydrogen-bond donors (Lipinski definition) is 2. The number of benzene rings is 1. The molecule has 1 aromatic heterocycles. The van der Waals surface area contributed by atoms with Crippen LogP contribution >= 0.6 is 22.9 Å². The summed E-state index contributed by atoms with van der Waals surface area (Å²) in [7, 11) is 0. The molecule has 2 aliphatic rings. The highest BCUT2D eigenvalue weighted by atomic mass is 35.5. The maximum Gasteiger partial charge on any atom is 0.338 e. The number of esters is 1. The summed E-state index contributed by atoms with van der Waals surface area (Å²) in [6.07, 6.45) is 2.15. The number of carboxylic acid groups (broad SMARTS) is 1. The molecule has 1 unspecified atom stereocenters. The molecule has 32 heavy (non-hydrogen) atoms. The van der Waals surface area contributed by atoms with E-state index in [0.717, 1.165) is 6.07 Å². The van der Waals surface area contributed by atoms with Gasteiger partial charge in [0.25, 0.3) is 0 Å². The SMILES string of the molecule is CCOC(=O)C1=C(CN2CCC2C(=O)O)NC(c2nccs2)=N[C@H]1c1ccc(F)cc1Cl. The Bertz CT molecular complexity index is 1110. The van der Waals surface area contributed by atoms with Gasteiger partial charge in [0.2, 0.25) is 0 Å². The number of nitrogens with zero attached hydrogens (tertiary/aromatic N) is 3. The number of likely N-dealkylation sites (tertiary alicyclic amines) is 1. The number of nitrogens with one attached hydrogen (secondary N) is 1. The molecule has 11 heteroatoms. The van der Waals surface area contributed by atoms with E-state index in [1.165, 1.54) is 23.5 Å². The number of halogens is 2. The third-order valence-corrected chi connectivity index (χ3v) is 6.40. The Morgan fingerprint density at radius 3 is 2.84 bits per heavy atom. The summed E-state index contributed by atoms with van der Waals surface area (Å²) in [5.74, 6) is -1.61. The van der Waals surface area contributed by atoms with Crippen LogP contribution in [0.15, 0.2) is 46.0 Å². The average Bonchev–Trinajstić information content (AvgIpc) is 3.25. The van der Waals surface area contributed by atoms with E-state index in [0.29, 0.717) is 35.1 Å². The number of hydrogen-bond acceptors (Lipinski definition) is 8. The van der Waals surface area contributed by atoms with E-state index in [-0.39, 0.29) is 23.7 Å². The van der Waals surface area contributed by atoms with Crippen molar-refractivity contribution < 1.29 is 23.8 Å². The van der Waals surface area contributed by atoms with Crippen LogP contribution in [0, 0.1) is 5.82 Å². The lowest BCUT2D eigenvalue weighted by Gasteiger charge is -2.39. The zero-order chi connectivity index (χ0) is 22.8. The van der Waals surface area contributed by atoms with Crippen molar-refractivity contribution in [2.45, 2.75) is 25.4 Å². The van der Waals surface area contributed by atoms with Gasteiger partial charge in [-0.15, -0.1) is 11.3 Å². The Morgan fingerprint density at radius 2 is 2.25 bits per heavy atom. The first-order valence-corrected chi connectivity index (χ1v) is 11.2. The second kappa shape index (κ2) is 9.35. The molecular weight excluding hydrogens is 459 g/mol. The minimum Gasteiger partial charge on any atom is -0.480 e. The molecule has 0 saturated carbocycles. The molecular formula is C21H20ClFN4O4S. The van der Waals surface area contributed by atoms with Gasteiger partial charge in [0.1, 0.15) is 17.9 Å². The number of aliphatic carboxylic acids is 1. The van der Waals surface area contributed by atoms with Crippen LogP contribution in [0.25, 0.3) is 0 Å². The number of carbonyl (C=O) groups is 2. The summed E-state index contributed by atoms with van der Waals surface area (Å²) < 4.78 is 19.0. The molecule has 0 aliphatic carbocycles. The number of aliphatic imine (C=N–C) groups is 1. The molecule has 2 N–H and O–H groups in total. The molecule has 4 rings (SSSR count). The molecule has 0 spiro atoms. The van der Waals surface area contributed by atoms with Gasteiger partial charge in [0.15, 0.2) is 10.8 Å². The van der Waals surface area contributed by atoms with Gasteiger partial charge in [-0.1, -0.05) is 17.7 Å². The Labute approximate surface area is 192 Å². The zero-order valence-corrected chi connectivity index (χ0v) is 18.6. The highest BCUT2D eigenvalue weighted by Crippen LogP contribution is 2.37. The van der Waals surface area contributed by atoms with E-state index < -0.39 is 29.8 Å². The van der Waals surface area contributed by atoms with Crippen molar-refractivity contribution in [2.75, 3.05) is 19.7 Å². The Balaban J connectivity index is 1.82. The standard InChI is InChI=1S/C21H20ClFN4O4S/c1-2-31-21(30)16-14(10-27-7-5-15(27)20(28)29)25-18(19-24-6-8-32-19)26-17(16)12-4-3-11(23)9-13(12)22/h3-4,6,8-9,15,17H,2,5,7,10H2,1H3,(H,25,26)(H,28,29)/t15?,17-/m0/s1. The summed E-state index contributed by atoms with van der Waals surface area (Å²) in [6, 6.07) is 2.39. The summed E-state index contributed by atoms with van der Waals surface area (Å²) in [5.41, 5.74) is 1.10. The van der Waals surface area contributed by atoms with Crippen LogP contribution in [0.1, 0.15) is 30.0 Å². The first-order valence-electron chi connectivity index (χ1n) is 9.95. The Morgan fingerprint density at radius 1 is 1.44 bits per heavy atom. The van der Waals surface area contributed by atoms with Crippen LogP contribution in [0.4, 0.5) is 4.39 Å². The topological polar surface area (TPSA) is 104 Å². The predicted octanol–water partition coefficient (Wildman–Crippen LogP) is 3.00. The zero-order valence-electron chi connectivity index (χ0n) is 17.0. The first kappa shape index (κ1) is 22.4. The first-order chi connectivity index (χ1) is 15.4. The molecule has 1 saturated heterocycles. The van der Waals surface area contributed by atoms with E-state index in [9.17, 15) is 19.1 Å². The number of carboxylic acids is 1. The fraction of sp³-hybridized carbons (Fsp3) is 0.333. The minimum atomic E-state index is -0.919. The molecule has 168 valence electrons. The molecule has 1 fully saturated rings. The van der Waals surface area contributed by atoms with Crippen molar-refractivity contribution >= 4 is 40.7 Å². The third kappa shape index (κ3) is 4.38. The fourth-order valence-corrected chi connectivity index (χ4v) is 4.54. The van der Waals surface area contributed by atoms with Crippen LogP contribution in [0.3, 0.4) is 0 Å². The van der Waals surface area contributed by atoms with Crippen molar-refractivity contribution in [1.29, 1.82) is 0 Å². The van der Waals surface area contributed by atoms with Crippen LogP contribution < -0.4 is 5.32 Å². The Kier molecular flexibility index (Phi) is 6.54. The van der Waals surface area contributed by atoms with Crippen molar-refractivity contribution in [3.8, 4) is 0 Å². The number of carbonyl (C=O) groups excluding carboxylic acids is 1. The summed E-state index contributed by atoms with van der Waals surface area (Å²) in [4.78, 5) is 35.2. The second-order valence-electron chi connectivity index (χ2n) is 7.23. The monoisotopic (exact) mass is 478 g/mol. The summed E-state index contributed by atoms with van der Waals surface area (Å²) >= 11 is 7.69. The van der Waals surface area contributed by atoms with Crippen molar-refractivity contribution in [1.82, 2.24) is 15.2 Å². The average molecular weight is 479 g/mol. The quantitative estimate of drug-likeness (QED) is 0.589. The van der Waals surface area contributed by atoms with E-state index in [1.807, 2.05) is 0 Å². The molecule has 2 aliphatic heterocycles. The molecule has 3 heterocycles. The maximum atomic E-state index is 13.7.